The first kappa shape index (κ1) is 11.7. The summed E-state index contributed by atoms with van der Waals surface area (Å²) in [6.45, 7) is 3.20. The SMILES string of the molecule is CC(Br)Cc1cccc(CN(C)C)c1. The van der Waals surface area contributed by atoms with Crippen LogP contribution in [0.2, 0.25) is 0 Å². The van der Waals surface area contributed by atoms with E-state index in [0.29, 0.717) is 4.83 Å². The van der Waals surface area contributed by atoms with Gasteiger partial charge in [-0.3, -0.25) is 0 Å². The van der Waals surface area contributed by atoms with E-state index in [0.717, 1.165) is 13.0 Å². The highest BCUT2D eigenvalue weighted by molar-refractivity contribution is 9.09. The van der Waals surface area contributed by atoms with Crippen LogP contribution >= 0.6 is 15.9 Å². The Hall–Kier alpha value is -0.340. The molecule has 0 radical (unpaired) electrons. The topological polar surface area (TPSA) is 3.24 Å². The molecule has 0 bridgehead atoms. The van der Waals surface area contributed by atoms with Crippen molar-refractivity contribution >= 4 is 15.9 Å². The average Bonchev–Trinajstić information content (AvgIpc) is 2.01. The third kappa shape index (κ3) is 4.25. The molecule has 2 heteroatoms. The van der Waals surface area contributed by atoms with Crippen molar-refractivity contribution in [3.8, 4) is 0 Å². The Morgan fingerprint density at radius 2 is 1.93 bits per heavy atom. The molecule has 0 saturated heterocycles. The highest BCUT2D eigenvalue weighted by atomic mass is 79.9. The minimum absolute atomic E-state index is 0.553. The molecule has 0 heterocycles. The summed E-state index contributed by atoms with van der Waals surface area (Å²) in [6.07, 6.45) is 1.10. The molecule has 1 rings (SSSR count). The molecular formula is C12H18BrN. The minimum Gasteiger partial charge on any atom is -0.305 e. The molecule has 1 atom stereocenters. The Balaban J connectivity index is 2.68. The molecule has 0 fully saturated rings. The van der Waals surface area contributed by atoms with E-state index in [-0.39, 0.29) is 0 Å². The van der Waals surface area contributed by atoms with Gasteiger partial charge in [-0.05, 0) is 31.6 Å². The molecule has 1 aromatic carbocycles. The molecule has 0 aromatic heterocycles. The molecule has 14 heavy (non-hydrogen) atoms. The fourth-order valence-electron chi connectivity index (χ4n) is 1.54. The smallest absolute Gasteiger partial charge is 0.0227 e. The summed E-state index contributed by atoms with van der Waals surface area (Å²) in [5.41, 5.74) is 2.80. The van der Waals surface area contributed by atoms with E-state index in [1.807, 2.05) is 0 Å². The maximum absolute atomic E-state index is 3.58. The Kier molecular flexibility index (Phi) is 4.63. The average molecular weight is 256 g/mol. The van der Waals surface area contributed by atoms with Crippen molar-refractivity contribution in [1.82, 2.24) is 4.90 Å². The molecular weight excluding hydrogens is 238 g/mol. The fourth-order valence-corrected chi connectivity index (χ4v) is 1.92. The number of hydrogen-bond donors (Lipinski definition) is 0. The maximum atomic E-state index is 3.58. The lowest BCUT2D eigenvalue weighted by molar-refractivity contribution is 0.402. The third-order valence-corrected chi connectivity index (χ3v) is 2.33. The molecule has 0 N–H and O–H groups in total. The van der Waals surface area contributed by atoms with E-state index >= 15 is 0 Å². The highest BCUT2D eigenvalue weighted by Gasteiger charge is 2.00. The van der Waals surface area contributed by atoms with Crippen LogP contribution in [0.1, 0.15) is 18.1 Å². The number of rotatable bonds is 4. The number of nitrogens with zero attached hydrogens (tertiary/aromatic N) is 1. The molecule has 0 aliphatic heterocycles. The first-order valence-corrected chi connectivity index (χ1v) is 5.86. The Bertz CT molecular complexity index is 256. The highest BCUT2D eigenvalue weighted by Crippen LogP contribution is 2.12. The predicted molar refractivity (Wildman–Crippen MR) is 65.9 cm³/mol. The van der Waals surface area contributed by atoms with Crippen LogP contribution in [0, 0.1) is 0 Å². The molecule has 0 spiro atoms. The first-order chi connectivity index (χ1) is 6.58. The molecule has 0 aliphatic rings. The van der Waals surface area contributed by atoms with Gasteiger partial charge in [-0.15, -0.1) is 0 Å². The Morgan fingerprint density at radius 1 is 1.29 bits per heavy atom. The third-order valence-electron chi connectivity index (χ3n) is 2.01. The summed E-state index contributed by atoms with van der Waals surface area (Å²) >= 11 is 3.58. The summed E-state index contributed by atoms with van der Waals surface area (Å²) in [5.74, 6) is 0. The van der Waals surface area contributed by atoms with Gasteiger partial charge >= 0.3 is 0 Å². The van der Waals surface area contributed by atoms with Gasteiger partial charge in [0.25, 0.3) is 0 Å². The van der Waals surface area contributed by atoms with Crippen LogP contribution in [0.25, 0.3) is 0 Å². The van der Waals surface area contributed by atoms with Crippen molar-refractivity contribution in [2.24, 2.45) is 0 Å². The number of hydrogen-bond acceptors (Lipinski definition) is 1. The van der Waals surface area contributed by atoms with Gasteiger partial charge in [0.1, 0.15) is 0 Å². The summed E-state index contributed by atoms with van der Waals surface area (Å²) in [5, 5.41) is 0. The molecule has 0 saturated carbocycles. The van der Waals surface area contributed by atoms with Gasteiger partial charge in [-0.1, -0.05) is 47.1 Å². The Morgan fingerprint density at radius 3 is 2.50 bits per heavy atom. The van der Waals surface area contributed by atoms with E-state index < -0.39 is 0 Å². The maximum Gasteiger partial charge on any atom is 0.0227 e. The van der Waals surface area contributed by atoms with E-state index in [2.05, 4.69) is 66.1 Å². The predicted octanol–water partition coefficient (Wildman–Crippen LogP) is 3.07. The van der Waals surface area contributed by atoms with Crippen LogP contribution in [0.15, 0.2) is 24.3 Å². The second kappa shape index (κ2) is 5.52. The molecule has 78 valence electrons. The van der Waals surface area contributed by atoms with Gasteiger partial charge in [-0.2, -0.15) is 0 Å². The molecule has 1 nitrogen and oxygen atoms in total. The fraction of sp³-hybridized carbons (Fsp3) is 0.500. The summed E-state index contributed by atoms with van der Waals surface area (Å²) < 4.78 is 0. The molecule has 1 aromatic rings. The van der Waals surface area contributed by atoms with Crippen LogP contribution in [0.3, 0.4) is 0 Å². The molecule has 1 unspecified atom stereocenters. The zero-order valence-corrected chi connectivity index (χ0v) is 10.7. The summed E-state index contributed by atoms with van der Waals surface area (Å²) in [7, 11) is 4.19. The van der Waals surface area contributed by atoms with E-state index in [9.17, 15) is 0 Å². The van der Waals surface area contributed by atoms with Crippen molar-refractivity contribution in [3.63, 3.8) is 0 Å². The Labute approximate surface area is 95.2 Å². The van der Waals surface area contributed by atoms with Crippen molar-refractivity contribution < 1.29 is 0 Å². The zero-order chi connectivity index (χ0) is 10.6. The van der Waals surface area contributed by atoms with Crippen molar-refractivity contribution in [2.75, 3.05) is 14.1 Å². The zero-order valence-electron chi connectivity index (χ0n) is 9.13. The van der Waals surface area contributed by atoms with Gasteiger partial charge in [0.2, 0.25) is 0 Å². The lowest BCUT2D eigenvalue weighted by Gasteiger charge is -2.11. The second-order valence-electron chi connectivity index (χ2n) is 4.04. The second-order valence-corrected chi connectivity index (χ2v) is 5.61. The quantitative estimate of drug-likeness (QED) is 0.748. The van der Waals surface area contributed by atoms with Gasteiger partial charge in [0.15, 0.2) is 0 Å². The minimum atomic E-state index is 0.553. The van der Waals surface area contributed by atoms with E-state index in [4.69, 9.17) is 0 Å². The van der Waals surface area contributed by atoms with Crippen LogP contribution in [0.5, 0.6) is 0 Å². The number of benzene rings is 1. The first-order valence-electron chi connectivity index (χ1n) is 4.94. The van der Waals surface area contributed by atoms with E-state index in [1.165, 1.54) is 11.1 Å². The largest absolute Gasteiger partial charge is 0.305 e. The van der Waals surface area contributed by atoms with Gasteiger partial charge in [-0.25, -0.2) is 0 Å². The van der Waals surface area contributed by atoms with E-state index in [1.54, 1.807) is 0 Å². The van der Waals surface area contributed by atoms with Crippen LogP contribution in [0.4, 0.5) is 0 Å². The summed E-state index contributed by atoms with van der Waals surface area (Å²) in [6, 6.07) is 8.81. The van der Waals surface area contributed by atoms with Crippen LogP contribution in [-0.4, -0.2) is 23.8 Å². The van der Waals surface area contributed by atoms with Gasteiger partial charge in [0.05, 0.1) is 0 Å². The van der Waals surface area contributed by atoms with Gasteiger partial charge < -0.3 is 4.90 Å². The number of alkyl halides is 1. The lowest BCUT2D eigenvalue weighted by Crippen LogP contribution is -2.10. The lowest BCUT2D eigenvalue weighted by atomic mass is 10.1. The summed E-state index contributed by atoms with van der Waals surface area (Å²) in [4.78, 5) is 2.74. The van der Waals surface area contributed by atoms with Gasteiger partial charge in [0, 0.05) is 11.4 Å². The normalized spacial score (nSPS) is 13.2. The van der Waals surface area contributed by atoms with Crippen LogP contribution < -0.4 is 0 Å². The van der Waals surface area contributed by atoms with Crippen molar-refractivity contribution in [2.45, 2.75) is 24.7 Å². The van der Waals surface area contributed by atoms with Crippen LogP contribution in [-0.2, 0) is 13.0 Å². The number of halogens is 1. The monoisotopic (exact) mass is 255 g/mol. The molecule has 0 amide bonds. The standard InChI is InChI=1S/C12H18BrN/c1-10(13)7-11-5-4-6-12(8-11)9-14(2)3/h4-6,8,10H,7,9H2,1-3H3. The van der Waals surface area contributed by atoms with Crippen molar-refractivity contribution in [3.05, 3.63) is 35.4 Å². The van der Waals surface area contributed by atoms with Crippen molar-refractivity contribution in [1.29, 1.82) is 0 Å². The molecule has 0 aliphatic carbocycles.